The van der Waals surface area contributed by atoms with Crippen LogP contribution in [0.25, 0.3) is 21.8 Å². The summed E-state index contributed by atoms with van der Waals surface area (Å²) in [5, 5.41) is 38.9. The highest BCUT2D eigenvalue weighted by molar-refractivity contribution is 7.10. The Morgan fingerprint density at radius 3 is 2.12 bits per heavy atom. The molecule has 0 aliphatic heterocycles. The van der Waals surface area contributed by atoms with E-state index in [-0.39, 0.29) is 13.1 Å². The lowest BCUT2D eigenvalue weighted by molar-refractivity contribution is -0.125. The molecule has 0 spiro atoms. The minimum atomic E-state index is -1.56. The van der Waals surface area contributed by atoms with Crippen molar-refractivity contribution < 1.29 is 10.2 Å². The van der Waals surface area contributed by atoms with Crippen LogP contribution < -0.4 is 10.6 Å². The molecule has 0 bridgehead atoms. The number of rotatable bonds is 11. The van der Waals surface area contributed by atoms with Gasteiger partial charge in [-0.25, -0.2) is 0 Å². The number of fused-ring (bicyclic) bond motifs is 2. The minimum Gasteiger partial charge on any atom is -0.389 e. The Bertz CT molecular complexity index is 1690. The third kappa shape index (κ3) is 4.06. The summed E-state index contributed by atoms with van der Waals surface area (Å²) in [4.78, 5) is 1.89. The summed E-state index contributed by atoms with van der Waals surface area (Å²) in [6.45, 7) is 0.493. The largest absolute Gasteiger partial charge is 0.389 e. The Labute approximate surface area is 242 Å². The van der Waals surface area contributed by atoms with Gasteiger partial charge in [-0.15, -0.1) is 22.7 Å². The molecule has 8 heteroatoms. The average molecular weight is 571 g/mol. The maximum absolute atomic E-state index is 13.7. The highest BCUT2D eigenvalue weighted by atomic mass is 32.1. The third-order valence-electron chi connectivity index (χ3n) is 8.04. The first-order valence-corrected chi connectivity index (χ1v) is 15.2. The van der Waals surface area contributed by atoms with E-state index in [0.717, 1.165) is 31.6 Å². The third-order valence-corrected chi connectivity index (χ3v) is 9.95. The fourth-order valence-corrected chi connectivity index (χ4v) is 8.43. The molecule has 0 aliphatic rings. The fourth-order valence-electron chi connectivity index (χ4n) is 6.47. The fraction of sp³-hybridized carbons (Fsp3) is 0.250. The Morgan fingerprint density at radius 1 is 0.775 bits per heavy atom. The summed E-state index contributed by atoms with van der Waals surface area (Å²) in [6.07, 6.45) is 3.09. The molecule has 0 fully saturated rings. The number of aliphatic hydroxyl groups is 2. The van der Waals surface area contributed by atoms with Gasteiger partial charge in [-0.05, 0) is 72.0 Å². The maximum atomic E-state index is 13.7. The van der Waals surface area contributed by atoms with Gasteiger partial charge in [-0.1, -0.05) is 48.5 Å². The summed E-state index contributed by atoms with van der Waals surface area (Å²) in [6, 6.07) is 28.2. The van der Waals surface area contributed by atoms with Gasteiger partial charge in [0.15, 0.2) is 0 Å². The smallest absolute Gasteiger partial charge is 0.138 e. The number of nitrogens with zero attached hydrogens (tertiary/aromatic N) is 2. The number of benzene rings is 2. The van der Waals surface area contributed by atoms with E-state index in [1.165, 1.54) is 0 Å². The molecule has 4 N–H and O–H groups in total. The normalized spacial score (nSPS) is 16.6. The van der Waals surface area contributed by atoms with E-state index in [4.69, 9.17) is 0 Å². The molecular formula is C32H34N4O2S2. The molecule has 6 nitrogen and oxygen atoms in total. The van der Waals surface area contributed by atoms with E-state index in [0.29, 0.717) is 0 Å². The zero-order valence-corrected chi connectivity index (χ0v) is 24.2. The van der Waals surface area contributed by atoms with Gasteiger partial charge in [0.05, 0.1) is 6.10 Å². The first-order valence-electron chi connectivity index (χ1n) is 13.5. The molecule has 0 saturated carbocycles. The maximum Gasteiger partial charge on any atom is 0.138 e. The number of aromatic nitrogens is 2. The monoisotopic (exact) mass is 570 g/mol. The second-order valence-electron chi connectivity index (χ2n) is 10.2. The van der Waals surface area contributed by atoms with Crippen molar-refractivity contribution in [3.05, 3.63) is 118 Å². The van der Waals surface area contributed by atoms with Crippen molar-refractivity contribution >= 4 is 44.5 Å². The predicted octanol–water partition coefficient (Wildman–Crippen LogP) is 5.28. The van der Waals surface area contributed by atoms with Crippen LogP contribution in [0.3, 0.4) is 0 Å². The molecular weight excluding hydrogens is 537 g/mol. The van der Waals surface area contributed by atoms with Crippen molar-refractivity contribution in [3.63, 3.8) is 0 Å². The number of aliphatic hydroxyl groups excluding tert-OH is 1. The van der Waals surface area contributed by atoms with Crippen LogP contribution in [0.5, 0.6) is 0 Å². The highest BCUT2D eigenvalue weighted by Crippen LogP contribution is 2.52. The van der Waals surface area contributed by atoms with Crippen LogP contribution in [-0.2, 0) is 5.54 Å². The van der Waals surface area contributed by atoms with Gasteiger partial charge in [0.25, 0.3) is 0 Å². The summed E-state index contributed by atoms with van der Waals surface area (Å²) in [5.41, 5.74) is -0.868. The van der Waals surface area contributed by atoms with Crippen LogP contribution in [0, 0.1) is 0 Å². The summed E-state index contributed by atoms with van der Waals surface area (Å²) in [5.74, 6) is 0. The molecule has 0 saturated heterocycles. The average Bonchev–Trinajstić information content (AvgIpc) is 3.78. The molecule has 0 aliphatic carbocycles. The molecule has 206 valence electrons. The van der Waals surface area contributed by atoms with Crippen molar-refractivity contribution in [3.8, 4) is 0 Å². The van der Waals surface area contributed by atoms with E-state index in [1.807, 2.05) is 68.1 Å². The second kappa shape index (κ2) is 11.0. The van der Waals surface area contributed by atoms with Gasteiger partial charge in [0, 0.05) is 46.3 Å². The van der Waals surface area contributed by atoms with E-state index < -0.39 is 23.3 Å². The van der Waals surface area contributed by atoms with E-state index in [1.54, 1.807) is 22.7 Å². The van der Waals surface area contributed by atoms with Gasteiger partial charge in [-0.2, -0.15) is 0 Å². The second-order valence-corrected chi connectivity index (χ2v) is 12.1. The van der Waals surface area contributed by atoms with Crippen LogP contribution in [0.4, 0.5) is 0 Å². The van der Waals surface area contributed by atoms with Gasteiger partial charge in [0.2, 0.25) is 0 Å². The molecule has 4 atom stereocenters. The van der Waals surface area contributed by atoms with Crippen molar-refractivity contribution in [2.75, 3.05) is 27.2 Å². The summed E-state index contributed by atoms with van der Waals surface area (Å²) >= 11 is 3.17. The highest BCUT2D eigenvalue weighted by Gasteiger charge is 2.62. The standard InChI is InChI=1S/C32H34N4O2S2/c1-33-21-28(37)32(29-14-8-20-40-29,36-18-16-24-10-4-6-12-26(24)36)31(38,22-34-2)30(27-13-7-19-39-27)35-17-15-23-9-3-5-11-25(23)35/h3-20,28,30,33-34,37-38H,21-22H2,1-2H3/t28-,30-,31-,32+/m1/s1. The Morgan fingerprint density at radius 2 is 1.45 bits per heavy atom. The van der Waals surface area contributed by atoms with Crippen molar-refractivity contribution in [1.29, 1.82) is 0 Å². The zero-order valence-electron chi connectivity index (χ0n) is 22.6. The SMILES string of the molecule is CNC[C@@H](O)[C@@](c1cccs1)(n1ccc2ccccc21)[C@@](O)(CNC)[C@@H](c1cccs1)n1ccc2ccccc21. The van der Waals surface area contributed by atoms with Gasteiger partial charge in [0.1, 0.15) is 17.2 Å². The first kappa shape index (κ1) is 27.0. The summed E-state index contributed by atoms with van der Waals surface area (Å²) in [7, 11) is 3.70. The number of para-hydroxylation sites is 2. The lowest BCUT2D eigenvalue weighted by atomic mass is 9.68. The molecule has 0 unspecified atom stereocenters. The van der Waals surface area contributed by atoms with Crippen LogP contribution >= 0.6 is 22.7 Å². The van der Waals surface area contributed by atoms with E-state index >= 15 is 0 Å². The van der Waals surface area contributed by atoms with Crippen LogP contribution in [0.15, 0.2) is 108 Å². The number of hydrogen-bond donors (Lipinski definition) is 4. The van der Waals surface area contributed by atoms with Crippen LogP contribution in [0.2, 0.25) is 0 Å². The molecule has 0 radical (unpaired) electrons. The quantitative estimate of drug-likeness (QED) is 0.171. The molecule has 4 heterocycles. The topological polar surface area (TPSA) is 74.4 Å². The number of nitrogens with one attached hydrogen (secondary N) is 2. The van der Waals surface area contributed by atoms with Crippen molar-refractivity contribution in [2.45, 2.75) is 23.3 Å². The molecule has 6 rings (SSSR count). The molecule has 6 aromatic rings. The van der Waals surface area contributed by atoms with E-state index in [2.05, 4.69) is 73.8 Å². The molecule has 4 aromatic heterocycles. The Kier molecular flexibility index (Phi) is 7.39. The van der Waals surface area contributed by atoms with Gasteiger partial charge in [-0.3, -0.25) is 0 Å². The molecule has 2 aromatic carbocycles. The Balaban J connectivity index is 1.76. The number of likely N-dealkylation sites (N-methyl/N-ethyl adjacent to an activating group) is 2. The molecule has 40 heavy (non-hydrogen) atoms. The molecule has 0 amide bonds. The number of thiophene rings is 2. The first-order chi connectivity index (χ1) is 19.6. The summed E-state index contributed by atoms with van der Waals surface area (Å²) < 4.78 is 4.29. The zero-order chi connectivity index (χ0) is 27.7. The lowest BCUT2D eigenvalue weighted by Crippen LogP contribution is -2.70. The van der Waals surface area contributed by atoms with Gasteiger partial charge >= 0.3 is 0 Å². The van der Waals surface area contributed by atoms with Gasteiger partial charge < -0.3 is 30.0 Å². The van der Waals surface area contributed by atoms with Crippen LogP contribution in [-0.4, -0.2) is 58.2 Å². The minimum absolute atomic E-state index is 0.216. The van der Waals surface area contributed by atoms with E-state index in [9.17, 15) is 10.2 Å². The number of hydrogen-bond acceptors (Lipinski definition) is 6. The van der Waals surface area contributed by atoms with Crippen LogP contribution in [0.1, 0.15) is 15.8 Å². The van der Waals surface area contributed by atoms with Crippen molar-refractivity contribution in [1.82, 2.24) is 19.8 Å². The lowest BCUT2D eigenvalue weighted by Gasteiger charge is -2.54. The predicted molar refractivity (Wildman–Crippen MR) is 167 cm³/mol. The van der Waals surface area contributed by atoms with Crippen molar-refractivity contribution in [2.24, 2.45) is 0 Å². The Hall–Kier alpha value is -3.24.